The van der Waals surface area contributed by atoms with Crippen LogP contribution in [0.25, 0.3) is 0 Å². The third-order valence-electron chi connectivity index (χ3n) is 4.90. The topological polar surface area (TPSA) is 50.2 Å². The molecule has 3 rings (SSSR count). The van der Waals surface area contributed by atoms with E-state index >= 15 is 0 Å². The molecule has 0 aliphatic carbocycles. The molecule has 2 atom stereocenters. The lowest BCUT2D eigenvalue weighted by molar-refractivity contribution is -0.0541. The molecular weight excluding hydrogens is 297 g/mol. The Labute approximate surface area is 136 Å². The Hall–Kier alpha value is -1.21. The van der Waals surface area contributed by atoms with Crippen molar-refractivity contribution in [2.24, 2.45) is 0 Å². The average Bonchev–Trinajstić information content (AvgIpc) is 2.88. The number of aliphatic hydroxyl groups is 2. The van der Waals surface area contributed by atoms with Gasteiger partial charge < -0.3 is 15.1 Å². The molecule has 2 heterocycles. The van der Waals surface area contributed by atoms with E-state index in [0.29, 0.717) is 12.8 Å². The van der Waals surface area contributed by atoms with Crippen LogP contribution in [0.4, 0.5) is 10.1 Å². The maximum atomic E-state index is 13.0. The lowest BCUT2D eigenvalue weighted by Crippen LogP contribution is -2.47. The molecule has 128 valence electrons. The first-order chi connectivity index (χ1) is 11.1. The molecule has 0 saturated carbocycles. The van der Waals surface area contributed by atoms with Crippen LogP contribution in [-0.4, -0.2) is 71.7 Å². The van der Waals surface area contributed by atoms with Crippen molar-refractivity contribution in [2.75, 3.05) is 44.2 Å². The molecule has 0 aromatic heterocycles. The van der Waals surface area contributed by atoms with E-state index in [9.17, 15) is 14.6 Å². The van der Waals surface area contributed by atoms with E-state index < -0.39 is 12.5 Å². The van der Waals surface area contributed by atoms with Crippen molar-refractivity contribution >= 4 is 5.69 Å². The Morgan fingerprint density at radius 1 is 0.913 bits per heavy atom. The Morgan fingerprint density at radius 2 is 1.52 bits per heavy atom. The van der Waals surface area contributed by atoms with Crippen molar-refractivity contribution < 1.29 is 14.6 Å². The SMILES string of the molecule is OC1CCC(O)N1CCCN1CCN(c2ccc(F)cc2)CC1. The number of rotatable bonds is 5. The average molecular weight is 323 g/mol. The zero-order valence-electron chi connectivity index (χ0n) is 13.4. The maximum absolute atomic E-state index is 13.0. The van der Waals surface area contributed by atoms with E-state index in [1.54, 1.807) is 4.90 Å². The van der Waals surface area contributed by atoms with Crippen LogP contribution in [0.15, 0.2) is 24.3 Å². The van der Waals surface area contributed by atoms with E-state index in [1.807, 2.05) is 12.1 Å². The van der Waals surface area contributed by atoms with Crippen LogP contribution in [0.5, 0.6) is 0 Å². The van der Waals surface area contributed by atoms with E-state index in [2.05, 4.69) is 9.80 Å². The summed E-state index contributed by atoms with van der Waals surface area (Å²) in [5.41, 5.74) is 1.08. The van der Waals surface area contributed by atoms with Crippen LogP contribution in [0.2, 0.25) is 0 Å². The van der Waals surface area contributed by atoms with E-state index in [-0.39, 0.29) is 5.82 Å². The molecule has 1 aromatic rings. The summed E-state index contributed by atoms with van der Waals surface area (Å²) in [6.07, 6.45) is 1.31. The fourth-order valence-corrected chi connectivity index (χ4v) is 3.48. The quantitative estimate of drug-likeness (QED) is 0.849. The van der Waals surface area contributed by atoms with Crippen molar-refractivity contribution in [2.45, 2.75) is 31.7 Å². The number of hydrogen-bond acceptors (Lipinski definition) is 5. The van der Waals surface area contributed by atoms with Crippen molar-refractivity contribution in [3.05, 3.63) is 30.1 Å². The third-order valence-corrected chi connectivity index (χ3v) is 4.90. The number of likely N-dealkylation sites (tertiary alicyclic amines) is 1. The summed E-state index contributed by atoms with van der Waals surface area (Å²) in [6, 6.07) is 6.69. The van der Waals surface area contributed by atoms with Gasteiger partial charge in [0.25, 0.3) is 0 Å². The first kappa shape index (κ1) is 16.6. The van der Waals surface area contributed by atoms with Crippen LogP contribution < -0.4 is 4.90 Å². The first-order valence-corrected chi connectivity index (χ1v) is 8.48. The molecule has 0 radical (unpaired) electrons. The number of benzene rings is 1. The van der Waals surface area contributed by atoms with Gasteiger partial charge in [-0.25, -0.2) is 4.39 Å². The van der Waals surface area contributed by atoms with Crippen LogP contribution >= 0.6 is 0 Å². The summed E-state index contributed by atoms with van der Waals surface area (Å²) in [6.45, 7) is 5.58. The maximum Gasteiger partial charge on any atom is 0.123 e. The van der Waals surface area contributed by atoms with Gasteiger partial charge in [-0.3, -0.25) is 9.80 Å². The van der Waals surface area contributed by atoms with Gasteiger partial charge in [-0.2, -0.15) is 0 Å². The normalized spacial score (nSPS) is 26.8. The molecule has 23 heavy (non-hydrogen) atoms. The first-order valence-electron chi connectivity index (χ1n) is 8.48. The van der Waals surface area contributed by atoms with Gasteiger partial charge in [0.05, 0.1) is 0 Å². The number of halogens is 1. The minimum Gasteiger partial charge on any atom is -0.378 e. The van der Waals surface area contributed by atoms with Gasteiger partial charge in [-0.15, -0.1) is 0 Å². The summed E-state index contributed by atoms with van der Waals surface area (Å²) in [4.78, 5) is 6.48. The number of aliphatic hydroxyl groups excluding tert-OH is 2. The smallest absolute Gasteiger partial charge is 0.123 e. The van der Waals surface area contributed by atoms with Gasteiger partial charge in [0.15, 0.2) is 0 Å². The molecule has 6 heteroatoms. The minimum absolute atomic E-state index is 0.196. The summed E-state index contributed by atoms with van der Waals surface area (Å²) >= 11 is 0. The largest absolute Gasteiger partial charge is 0.378 e. The third kappa shape index (κ3) is 4.20. The van der Waals surface area contributed by atoms with Crippen molar-refractivity contribution in [1.29, 1.82) is 0 Å². The lowest BCUT2D eigenvalue weighted by Gasteiger charge is -2.36. The Bertz CT molecular complexity index is 481. The number of piperazine rings is 1. The fraction of sp³-hybridized carbons (Fsp3) is 0.647. The van der Waals surface area contributed by atoms with E-state index in [4.69, 9.17) is 0 Å². The standard InChI is InChI=1S/C17H26FN3O2/c18-14-2-4-15(5-3-14)20-12-10-19(11-13-20)8-1-9-21-16(22)6-7-17(21)23/h2-5,16-17,22-23H,1,6-13H2. The molecule has 5 nitrogen and oxygen atoms in total. The van der Waals surface area contributed by atoms with Gasteiger partial charge in [0.2, 0.25) is 0 Å². The van der Waals surface area contributed by atoms with Gasteiger partial charge in [0.1, 0.15) is 18.3 Å². The molecule has 2 unspecified atom stereocenters. The highest BCUT2D eigenvalue weighted by Gasteiger charge is 2.29. The molecule has 0 spiro atoms. The second-order valence-corrected chi connectivity index (χ2v) is 6.44. The molecule has 1 aromatic carbocycles. The fourth-order valence-electron chi connectivity index (χ4n) is 3.48. The van der Waals surface area contributed by atoms with Gasteiger partial charge >= 0.3 is 0 Å². The summed E-state index contributed by atoms with van der Waals surface area (Å²) in [5.74, 6) is -0.196. The van der Waals surface area contributed by atoms with Crippen molar-refractivity contribution in [1.82, 2.24) is 9.80 Å². The highest BCUT2D eigenvalue weighted by molar-refractivity contribution is 5.46. The summed E-state index contributed by atoms with van der Waals surface area (Å²) in [7, 11) is 0. The Morgan fingerprint density at radius 3 is 2.13 bits per heavy atom. The molecule has 2 aliphatic rings. The van der Waals surface area contributed by atoms with Gasteiger partial charge in [-0.05, 0) is 50.1 Å². The highest BCUT2D eigenvalue weighted by atomic mass is 19.1. The second kappa shape index (κ2) is 7.57. The van der Waals surface area contributed by atoms with Crippen molar-refractivity contribution in [3.8, 4) is 0 Å². The minimum atomic E-state index is -0.486. The lowest BCUT2D eigenvalue weighted by atomic mass is 10.2. The predicted octanol–water partition coefficient (Wildman–Crippen LogP) is 1.07. The van der Waals surface area contributed by atoms with E-state index in [0.717, 1.165) is 51.4 Å². The predicted molar refractivity (Wildman–Crippen MR) is 87.6 cm³/mol. The van der Waals surface area contributed by atoms with Gasteiger partial charge in [-0.1, -0.05) is 0 Å². The zero-order valence-corrected chi connectivity index (χ0v) is 13.4. The second-order valence-electron chi connectivity index (χ2n) is 6.44. The number of nitrogens with zero attached hydrogens (tertiary/aromatic N) is 3. The van der Waals surface area contributed by atoms with Crippen LogP contribution in [0.3, 0.4) is 0 Å². The molecule has 0 amide bonds. The number of anilines is 1. The molecule has 2 aliphatic heterocycles. The highest BCUT2D eigenvalue weighted by Crippen LogP contribution is 2.21. The van der Waals surface area contributed by atoms with E-state index in [1.165, 1.54) is 12.1 Å². The van der Waals surface area contributed by atoms with Crippen LogP contribution in [-0.2, 0) is 0 Å². The molecule has 2 N–H and O–H groups in total. The monoisotopic (exact) mass is 323 g/mol. The molecular formula is C17H26FN3O2. The molecule has 0 bridgehead atoms. The zero-order chi connectivity index (χ0) is 16.2. The molecule has 2 saturated heterocycles. The van der Waals surface area contributed by atoms with Gasteiger partial charge in [0, 0.05) is 38.4 Å². The summed E-state index contributed by atoms with van der Waals surface area (Å²) in [5, 5.41) is 19.6. The van der Waals surface area contributed by atoms with Crippen LogP contribution in [0, 0.1) is 5.82 Å². The Balaban J connectivity index is 1.38. The summed E-state index contributed by atoms with van der Waals surface area (Å²) < 4.78 is 13.0. The van der Waals surface area contributed by atoms with Crippen molar-refractivity contribution in [3.63, 3.8) is 0 Å². The Kier molecular flexibility index (Phi) is 5.48. The molecule has 2 fully saturated rings. The number of hydrogen-bond donors (Lipinski definition) is 2. The van der Waals surface area contributed by atoms with Crippen LogP contribution in [0.1, 0.15) is 19.3 Å².